The summed E-state index contributed by atoms with van der Waals surface area (Å²) >= 11 is 0. The summed E-state index contributed by atoms with van der Waals surface area (Å²) in [6.45, 7) is 2.22. The van der Waals surface area contributed by atoms with Crippen LogP contribution in [0.5, 0.6) is 5.75 Å². The second-order valence-electron chi connectivity index (χ2n) is 5.51. The van der Waals surface area contributed by atoms with Crippen LogP contribution in [0.4, 0.5) is 0 Å². The first-order chi connectivity index (χ1) is 10.7. The zero-order valence-electron chi connectivity index (χ0n) is 12.2. The van der Waals surface area contributed by atoms with Gasteiger partial charge in [0.2, 0.25) is 0 Å². The van der Waals surface area contributed by atoms with Crippen molar-refractivity contribution in [2.75, 3.05) is 26.3 Å². The van der Waals surface area contributed by atoms with Crippen molar-refractivity contribution >= 4 is 11.9 Å². The number of ether oxygens (including phenoxy) is 1. The number of nitrogens with zero attached hydrogens (tertiary/aromatic N) is 1. The normalized spacial score (nSPS) is 29.1. The summed E-state index contributed by atoms with van der Waals surface area (Å²) in [5.41, 5.74) is -0.0334. The van der Waals surface area contributed by atoms with E-state index in [9.17, 15) is 15.0 Å². The van der Waals surface area contributed by atoms with E-state index in [0.717, 1.165) is 6.29 Å². The summed E-state index contributed by atoms with van der Waals surface area (Å²) in [6, 6.07) is 6.81. The first-order valence-corrected chi connectivity index (χ1v) is 7.34. The van der Waals surface area contributed by atoms with E-state index in [4.69, 9.17) is 4.74 Å². The number of hydrogen-bond acceptors (Lipinski definition) is 5. The first kappa shape index (κ1) is 15.0. The molecule has 2 N–H and O–H groups in total. The highest BCUT2D eigenvalue weighted by atomic mass is 16.5. The molecular formula is C17H19NO4. The molecule has 1 saturated heterocycles. The summed E-state index contributed by atoms with van der Waals surface area (Å²) in [4.78, 5) is 13.8. The summed E-state index contributed by atoms with van der Waals surface area (Å²) in [6.07, 6.45) is 4.97. The molecule has 0 spiro atoms. The largest absolute Gasteiger partial charge is 0.507 e. The van der Waals surface area contributed by atoms with Crippen molar-refractivity contribution < 1.29 is 19.7 Å². The van der Waals surface area contributed by atoms with Crippen molar-refractivity contribution in [3.8, 4) is 5.75 Å². The molecule has 22 heavy (non-hydrogen) atoms. The van der Waals surface area contributed by atoms with Crippen LogP contribution in [0.2, 0.25) is 0 Å². The van der Waals surface area contributed by atoms with Crippen LogP contribution in [0, 0.1) is 0 Å². The van der Waals surface area contributed by atoms with E-state index in [0.29, 0.717) is 37.4 Å². The number of allylic oxidation sites excluding steroid dienone is 2. The maximum atomic E-state index is 11.9. The minimum Gasteiger partial charge on any atom is -0.507 e. The quantitative estimate of drug-likeness (QED) is 0.814. The summed E-state index contributed by atoms with van der Waals surface area (Å²) in [5, 5.41) is 20.9. The second kappa shape index (κ2) is 6.04. The van der Waals surface area contributed by atoms with Gasteiger partial charge in [0.1, 0.15) is 23.7 Å². The highest BCUT2D eigenvalue weighted by molar-refractivity contribution is 5.84. The molecule has 5 heteroatoms. The Balaban J connectivity index is 1.99. The molecule has 1 aromatic carbocycles. The van der Waals surface area contributed by atoms with E-state index >= 15 is 0 Å². The van der Waals surface area contributed by atoms with Gasteiger partial charge in [0.15, 0.2) is 0 Å². The van der Waals surface area contributed by atoms with Crippen LogP contribution in [-0.4, -0.2) is 59.3 Å². The van der Waals surface area contributed by atoms with Crippen molar-refractivity contribution in [3.05, 3.63) is 48.1 Å². The number of phenols is 1. The smallest absolute Gasteiger partial charge is 0.147 e. The standard InChI is InChI=1S/C17H19NO4/c19-12-17(18-8-10-22-11-9-18)7-3-5-14(16(17)21)13-4-1-2-6-15(13)20/h1-7,12,16,20-21H,8-11H2. The van der Waals surface area contributed by atoms with Crippen LogP contribution in [0.15, 0.2) is 42.5 Å². The predicted octanol–water partition coefficient (Wildman–Crippen LogP) is 0.976. The summed E-state index contributed by atoms with van der Waals surface area (Å²) in [7, 11) is 0. The zero-order valence-corrected chi connectivity index (χ0v) is 12.2. The van der Waals surface area contributed by atoms with Gasteiger partial charge < -0.3 is 19.7 Å². The molecule has 1 fully saturated rings. The van der Waals surface area contributed by atoms with E-state index in [1.54, 1.807) is 42.5 Å². The van der Waals surface area contributed by atoms with Crippen molar-refractivity contribution in [2.45, 2.75) is 11.6 Å². The molecule has 2 unspecified atom stereocenters. The lowest BCUT2D eigenvalue weighted by Crippen LogP contribution is -2.60. The van der Waals surface area contributed by atoms with Crippen LogP contribution in [0.25, 0.3) is 5.57 Å². The van der Waals surface area contributed by atoms with Gasteiger partial charge in [-0.3, -0.25) is 4.90 Å². The fourth-order valence-corrected chi connectivity index (χ4v) is 3.10. The van der Waals surface area contributed by atoms with Gasteiger partial charge in [-0.1, -0.05) is 36.4 Å². The van der Waals surface area contributed by atoms with Gasteiger partial charge in [-0.15, -0.1) is 0 Å². The van der Waals surface area contributed by atoms with E-state index in [2.05, 4.69) is 0 Å². The lowest BCUT2D eigenvalue weighted by Gasteiger charge is -2.44. The Morgan fingerprint density at radius 2 is 2.00 bits per heavy atom. The van der Waals surface area contributed by atoms with Crippen molar-refractivity contribution in [2.24, 2.45) is 0 Å². The van der Waals surface area contributed by atoms with Gasteiger partial charge in [-0.2, -0.15) is 0 Å². The number of phenolic OH excluding ortho intramolecular Hbond substituents is 1. The van der Waals surface area contributed by atoms with E-state index in [1.807, 2.05) is 4.90 Å². The molecular weight excluding hydrogens is 282 g/mol. The Labute approximate surface area is 129 Å². The number of benzene rings is 1. The summed E-state index contributed by atoms with van der Waals surface area (Å²) < 4.78 is 5.33. The van der Waals surface area contributed by atoms with Crippen LogP contribution in [0.1, 0.15) is 5.56 Å². The molecule has 5 nitrogen and oxygen atoms in total. The second-order valence-corrected chi connectivity index (χ2v) is 5.51. The molecule has 2 aliphatic rings. The molecule has 1 heterocycles. The topological polar surface area (TPSA) is 70.0 Å². The van der Waals surface area contributed by atoms with Gasteiger partial charge in [-0.05, 0) is 11.6 Å². The van der Waals surface area contributed by atoms with Gasteiger partial charge >= 0.3 is 0 Å². The van der Waals surface area contributed by atoms with E-state index in [-0.39, 0.29) is 5.75 Å². The Bertz CT molecular complexity index is 619. The molecule has 0 radical (unpaired) electrons. The molecule has 1 aromatic rings. The van der Waals surface area contributed by atoms with Gasteiger partial charge in [0, 0.05) is 18.7 Å². The Kier molecular flexibility index (Phi) is 4.11. The van der Waals surface area contributed by atoms with Gasteiger partial charge in [0.05, 0.1) is 13.2 Å². The number of aliphatic hydroxyl groups excluding tert-OH is 1. The molecule has 1 aliphatic carbocycles. The molecule has 1 aliphatic heterocycles. The Morgan fingerprint density at radius 3 is 2.68 bits per heavy atom. The number of aromatic hydroxyl groups is 1. The van der Waals surface area contributed by atoms with Crippen LogP contribution in [0.3, 0.4) is 0 Å². The van der Waals surface area contributed by atoms with Crippen LogP contribution >= 0.6 is 0 Å². The first-order valence-electron chi connectivity index (χ1n) is 7.34. The van der Waals surface area contributed by atoms with Crippen molar-refractivity contribution in [3.63, 3.8) is 0 Å². The SMILES string of the molecule is O=CC1(N2CCOCC2)C=CC=C(c2ccccc2O)C1O. The maximum Gasteiger partial charge on any atom is 0.147 e. The van der Waals surface area contributed by atoms with E-state index in [1.165, 1.54) is 0 Å². The number of aldehydes is 1. The average molecular weight is 301 g/mol. The minimum absolute atomic E-state index is 0.0878. The lowest BCUT2D eigenvalue weighted by molar-refractivity contribution is -0.124. The van der Waals surface area contributed by atoms with Gasteiger partial charge in [-0.25, -0.2) is 0 Å². The van der Waals surface area contributed by atoms with Crippen LogP contribution in [-0.2, 0) is 9.53 Å². The highest BCUT2D eigenvalue weighted by Gasteiger charge is 2.45. The number of carbonyl (C=O) groups excluding carboxylic acids is 1. The number of morpholine rings is 1. The molecule has 3 rings (SSSR count). The zero-order chi connectivity index (χ0) is 15.6. The summed E-state index contributed by atoms with van der Waals surface area (Å²) in [5.74, 6) is 0.0878. The number of aliphatic hydroxyl groups is 1. The molecule has 0 amide bonds. The average Bonchev–Trinajstić information content (AvgIpc) is 2.57. The maximum absolute atomic E-state index is 11.9. The van der Waals surface area contributed by atoms with Crippen molar-refractivity contribution in [1.29, 1.82) is 0 Å². The molecule has 0 saturated carbocycles. The van der Waals surface area contributed by atoms with Crippen LogP contribution < -0.4 is 0 Å². The third kappa shape index (κ3) is 2.37. The highest BCUT2D eigenvalue weighted by Crippen LogP contribution is 2.37. The lowest BCUT2D eigenvalue weighted by atomic mass is 9.80. The number of rotatable bonds is 3. The molecule has 2 atom stereocenters. The van der Waals surface area contributed by atoms with Gasteiger partial charge in [0.25, 0.3) is 0 Å². The Hall–Kier alpha value is -1.95. The fraction of sp³-hybridized carbons (Fsp3) is 0.353. The molecule has 0 aromatic heterocycles. The molecule has 0 bridgehead atoms. The molecule has 116 valence electrons. The third-order valence-corrected chi connectivity index (χ3v) is 4.33. The fourth-order valence-electron chi connectivity index (χ4n) is 3.10. The monoisotopic (exact) mass is 301 g/mol. The third-order valence-electron chi connectivity index (χ3n) is 4.33. The Morgan fingerprint density at radius 1 is 1.27 bits per heavy atom. The number of para-hydroxylation sites is 1. The minimum atomic E-state index is -1.11. The van der Waals surface area contributed by atoms with E-state index < -0.39 is 11.6 Å². The predicted molar refractivity (Wildman–Crippen MR) is 82.4 cm³/mol. The van der Waals surface area contributed by atoms with Crippen molar-refractivity contribution in [1.82, 2.24) is 4.90 Å². The number of hydrogen-bond donors (Lipinski definition) is 2. The number of carbonyl (C=O) groups is 1.